The first-order valence-corrected chi connectivity index (χ1v) is 3.38. The van der Waals surface area contributed by atoms with Crippen LogP contribution in [0.5, 0.6) is 5.75 Å². The van der Waals surface area contributed by atoms with E-state index in [0.29, 0.717) is 0 Å². The minimum absolute atomic E-state index is 0.809. The van der Waals surface area contributed by atoms with E-state index in [1.54, 1.807) is 13.4 Å². The molecule has 0 unspecified atom stereocenters. The molecule has 0 saturated heterocycles. The number of imidazole rings is 1. The standard InChI is InChI=1S/C8H8N2O/c1-11-7-4-2-3-6-8(7)10-5-9-6/h2-5H,1H3,(H,9,10). The molecule has 0 fully saturated rings. The van der Waals surface area contributed by atoms with Crippen molar-refractivity contribution in [2.24, 2.45) is 0 Å². The van der Waals surface area contributed by atoms with Crippen molar-refractivity contribution in [2.75, 3.05) is 7.11 Å². The Morgan fingerprint density at radius 1 is 1.45 bits per heavy atom. The van der Waals surface area contributed by atoms with Crippen molar-refractivity contribution in [3.05, 3.63) is 24.5 Å². The van der Waals surface area contributed by atoms with Crippen LogP contribution in [-0.2, 0) is 0 Å². The van der Waals surface area contributed by atoms with E-state index >= 15 is 0 Å². The summed E-state index contributed by atoms with van der Waals surface area (Å²) in [5.74, 6) is 0.809. The van der Waals surface area contributed by atoms with Gasteiger partial charge in [-0.15, -0.1) is 0 Å². The molecule has 0 radical (unpaired) electrons. The van der Waals surface area contributed by atoms with E-state index in [0.717, 1.165) is 16.8 Å². The predicted octanol–water partition coefficient (Wildman–Crippen LogP) is 1.57. The second-order valence-corrected chi connectivity index (χ2v) is 2.26. The lowest BCUT2D eigenvalue weighted by molar-refractivity contribution is 0.419. The quantitative estimate of drug-likeness (QED) is 0.666. The van der Waals surface area contributed by atoms with E-state index in [2.05, 4.69) is 9.97 Å². The number of benzene rings is 1. The average molecular weight is 148 g/mol. The van der Waals surface area contributed by atoms with Gasteiger partial charge in [-0.1, -0.05) is 6.07 Å². The van der Waals surface area contributed by atoms with Crippen LogP contribution < -0.4 is 4.74 Å². The van der Waals surface area contributed by atoms with Crippen molar-refractivity contribution in [3.63, 3.8) is 0 Å². The van der Waals surface area contributed by atoms with Crippen LogP contribution in [-0.4, -0.2) is 17.1 Å². The molecule has 0 atom stereocenters. The molecule has 0 aliphatic heterocycles. The van der Waals surface area contributed by atoms with Crippen molar-refractivity contribution in [1.82, 2.24) is 9.97 Å². The van der Waals surface area contributed by atoms with Gasteiger partial charge in [0, 0.05) is 0 Å². The highest BCUT2D eigenvalue weighted by Crippen LogP contribution is 2.20. The van der Waals surface area contributed by atoms with Crippen LogP contribution in [0.1, 0.15) is 0 Å². The lowest BCUT2D eigenvalue weighted by atomic mass is 10.3. The number of aromatic amines is 1. The van der Waals surface area contributed by atoms with Gasteiger partial charge in [0.1, 0.15) is 11.3 Å². The number of nitrogens with zero attached hydrogens (tertiary/aromatic N) is 1. The van der Waals surface area contributed by atoms with Crippen LogP contribution in [0.2, 0.25) is 0 Å². The molecule has 2 aromatic rings. The summed E-state index contributed by atoms with van der Waals surface area (Å²) in [7, 11) is 1.64. The van der Waals surface area contributed by atoms with Gasteiger partial charge in [-0.2, -0.15) is 0 Å². The van der Waals surface area contributed by atoms with Crippen molar-refractivity contribution in [1.29, 1.82) is 0 Å². The van der Waals surface area contributed by atoms with Gasteiger partial charge in [0.15, 0.2) is 0 Å². The third-order valence-corrected chi connectivity index (χ3v) is 1.63. The van der Waals surface area contributed by atoms with Crippen LogP contribution in [0.25, 0.3) is 11.0 Å². The molecule has 2 rings (SSSR count). The Morgan fingerprint density at radius 3 is 3.18 bits per heavy atom. The predicted molar refractivity (Wildman–Crippen MR) is 42.6 cm³/mol. The van der Waals surface area contributed by atoms with E-state index in [1.807, 2.05) is 18.2 Å². The van der Waals surface area contributed by atoms with E-state index < -0.39 is 0 Å². The molecule has 1 aromatic heterocycles. The maximum atomic E-state index is 5.10. The van der Waals surface area contributed by atoms with Crippen LogP contribution in [0, 0.1) is 0 Å². The molecular weight excluding hydrogens is 140 g/mol. The Kier molecular flexibility index (Phi) is 1.28. The Labute approximate surface area is 64.0 Å². The Bertz CT molecular complexity index is 367. The number of para-hydroxylation sites is 1. The van der Waals surface area contributed by atoms with Crippen molar-refractivity contribution in [2.45, 2.75) is 0 Å². The number of rotatable bonds is 1. The highest BCUT2D eigenvalue weighted by Gasteiger charge is 2.00. The molecule has 1 aromatic carbocycles. The molecule has 0 bridgehead atoms. The zero-order valence-corrected chi connectivity index (χ0v) is 6.16. The molecule has 1 heterocycles. The molecule has 0 amide bonds. The van der Waals surface area contributed by atoms with E-state index in [9.17, 15) is 0 Å². The number of nitrogens with one attached hydrogen (secondary N) is 1. The molecule has 1 N–H and O–H groups in total. The van der Waals surface area contributed by atoms with Crippen molar-refractivity contribution >= 4 is 11.0 Å². The van der Waals surface area contributed by atoms with Gasteiger partial charge in [0.05, 0.1) is 19.0 Å². The van der Waals surface area contributed by atoms with Crippen LogP contribution in [0.4, 0.5) is 0 Å². The first-order valence-electron chi connectivity index (χ1n) is 3.38. The highest BCUT2D eigenvalue weighted by molar-refractivity contribution is 5.80. The number of fused-ring (bicyclic) bond motifs is 1. The second-order valence-electron chi connectivity index (χ2n) is 2.26. The molecule has 0 aliphatic rings. The molecule has 0 spiro atoms. The molecule has 11 heavy (non-hydrogen) atoms. The lowest BCUT2D eigenvalue weighted by Gasteiger charge is -1.97. The number of hydrogen-bond donors (Lipinski definition) is 1. The van der Waals surface area contributed by atoms with Crippen LogP contribution in [0.15, 0.2) is 24.5 Å². The third-order valence-electron chi connectivity index (χ3n) is 1.63. The number of methoxy groups -OCH3 is 1. The monoisotopic (exact) mass is 148 g/mol. The fourth-order valence-electron chi connectivity index (χ4n) is 1.10. The third kappa shape index (κ3) is 0.852. The fourth-order valence-corrected chi connectivity index (χ4v) is 1.10. The maximum Gasteiger partial charge on any atom is 0.146 e. The summed E-state index contributed by atoms with van der Waals surface area (Å²) >= 11 is 0. The SMILES string of the molecule is COc1cccc2[nH]cnc12. The molecular formula is C8H8N2O. The topological polar surface area (TPSA) is 37.9 Å². The average Bonchev–Trinajstić information content (AvgIpc) is 2.50. The van der Waals surface area contributed by atoms with E-state index in [1.165, 1.54) is 0 Å². The molecule has 0 saturated carbocycles. The van der Waals surface area contributed by atoms with E-state index in [-0.39, 0.29) is 0 Å². The molecule has 56 valence electrons. The van der Waals surface area contributed by atoms with Crippen molar-refractivity contribution in [3.8, 4) is 5.75 Å². The molecule has 0 aliphatic carbocycles. The zero-order valence-electron chi connectivity index (χ0n) is 6.16. The fraction of sp³-hybridized carbons (Fsp3) is 0.125. The summed E-state index contributed by atoms with van der Waals surface area (Å²) in [4.78, 5) is 7.11. The number of H-pyrrole nitrogens is 1. The van der Waals surface area contributed by atoms with Gasteiger partial charge >= 0.3 is 0 Å². The van der Waals surface area contributed by atoms with Crippen LogP contribution in [0.3, 0.4) is 0 Å². The first kappa shape index (κ1) is 6.22. The number of ether oxygens (including phenoxy) is 1. The first-order chi connectivity index (χ1) is 5.42. The van der Waals surface area contributed by atoms with Gasteiger partial charge < -0.3 is 9.72 Å². The summed E-state index contributed by atoms with van der Waals surface area (Å²) in [5, 5.41) is 0. The summed E-state index contributed by atoms with van der Waals surface area (Å²) in [6.45, 7) is 0. The Balaban J connectivity index is 2.79. The van der Waals surface area contributed by atoms with Crippen LogP contribution >= 0.6 is 0 Å². The zero-order chi connectivity index (χ0) is 7.68. The summed E-state index contributed by atoms with van der Waals surface area (Å²) < 4.78 is 5.10. The minimum Gasteiger partial charge on any atom is -0.494 e. The van der Waals surface area contributed by atoms with Gasteiger partial charge in [-0.3, -0.25) is 0 Å². The largest absolute Gasteiger partial charge is 0.494 e. The second kappa shape index (κ2) is 2.27. The highest BCUT2D eigenvalue weighted by atomic mass is 16.5. The smallest absolute Gasteiger partial charge is 0.146 e. The van der Waals surface area contributed by atoms with E-state index in [4.69, 9.17) is 4.74 Å². The van der Waals surface area contributed by atoms with Gasteiger partial charge in [0.25, 0.3) is 0 Å². The number of hydrogen-bond acceptors (Lipinski definition) is 2. The molecule has 3 nitrogen and oxygen atoms in total. The summed E-state index contributed by atoms with van der Waals surface area (Å²) in [5.41, 5.74) is 1.89. The maximum absolute atomic E-state index is 5.10. The minimum atomic E-state index is 0.809. The normalized spacial score (nSPS) is 10.3. The van der Waals surface area contributed by atoms with Gasteiger partial charge in [-0.05, 0) is 12.1 Å². The summed E-state index contributed by atoms with van der Waals surface area (Å²) in [6.07, 6.45) is 1.66. The van der Waals surface area contributed by atoms with Gasteiger partial charge in [-0.25, -0.2) is 4.98 Å². The lowest BCUT2D eigenvalue weighted by Crippen LogP contribution is -1.82. The van der Waals surface area contributed by atoms with Gasteiger partial charge in [0.2, 0.25) is 0 Å². The summed E-state index contributed by atoms with van der Waals surface area (Å²) in [6, 6.07) is 5.79. The number of aromatic nitrogens is 2. The van der Waals surface area contributed by atoms with Crippen molar-refractivity contribution < 1.29 is 4.74 Å². The Hall–Kier alpha value is -1.51. The molecule has 3 heteroatoms. The Morgan fingerprint density at radius 2 is 2.36 bits per heavy atom.